The number of aliphatic hydroxyl groups excluding tert-OH is 1. The first-order chi connectivity index (χ1) is 8.81. The zero-order chi connectivity index (χ0) is 14.6. The fourth-order valence-corrected chi connectivity index (χ4v) is 1.75. The quantitative estimate of drug-likeness (QED) is 0.428. The lowest BCUT2D eigenvalue weighted by Gasteiger charge is -2.34. The number of ether oxygens (including phenoxy) is 3. The standard InChI is InChI=1S/C12H16O7/c1-6(13)17-9-4-5-10(18-7(2)14)12(11(9)16)19-8(3)15/h4-5,9-12,16H,1-3H3/t9-,10-,11-,12-/m0/s1. The summed E-state index contributed by atoms with van der Waals surface area (Å²) in [4.78, 5) is 32.8. The zero-order valence-corrected chi connectivity index (χ0v) is 10.9. The molecule has 0 saturated heterocycles. The monoisotopic (exact) mass is 272 g/mol. The van der Waals surface area contributed by atoms with Gasteiger partial charge in [-0.2, -0.15) is 0 Å². The fraction of sp³-hybridized carbons (Fsp3) is 0.583. The average molecular weight is 272 g/mol. The first-order valence-electron chi connectivity index (χ1n) is 5.69. The van der Waals surface area contributed by atoms with E-state index in [4.69, 9.17) is 14.2 Å². The van der Waals surface area contributed by atoms with Crippen molar-refractivity contribution in [3.05, 3.63) is 12.2 Å². The molecule has 7 nitrogen and oxygen atoms in total. The summed E-state index contributed by atoms with van der Waals surface area (Å²) in [6, 6.07) is 0. The minimum atomic E-state index is -1.30. The van der Waals surface area contributed by atoms with Crippen molar-refractivity contribution in [1.29, 1.82) is 0 Å². The Hall–Kier alpha value is -1.89. The summed E-state index contributed by atoms with van der Waals surface area (Å²) in [6.45, 7) is 3.56. The summed E-state index contributed by atoms with van der Waals surface area (Å²) in [5.41, 5.74) is 0. The van der Waals surface area contributed by atoms with E-state index in [0.717, 1.165) is 6.92 Å². The van der Waals surface area contributed by atoms with Gasteiger partial charge in [0, 0.05) is 20.8 Å². The van der Waals surface area contributed by atoms with Crippen molar-refractivity contribution < 1.29 is 33.7 Å². The van der Waals surface area contributed by atoms with Crippen LogP contribution in [0.4, 0.5) is 0 Å². The van der Waals surface area contributed by atoms with Gasteiger partial charge in [-0.1, -0.05) is 0 Å². The molecule has 0 fully saturated rings. The number of rotatable bonds is 3. The molecule has 7 heteroatoms. The molecule has 0 radical (unpaired) electrons. The predicted molar refractivity (Wildman–Crippen MR) is 61.8 cm³/mol. The van der Waals surface area contributed by atoms with E-state index < -0.39 is 42.3 Å². The van der Waals surface area contributed by atoms with Gasteiger partial charge in [0.15, 0.2) is 12.2 Å². The van der Waals surface area contributed by atoms with Gasteiger partial charge in [0.1, 0.15) is 12.2 Å². The molecule has 0 bridgehead atoms. The number of hydrogen-bond acceptors (Lipinski definition) is 7. The molecule has 0 aromatic carbocycles. The Morgan fingerprint density at radius 1 is 0.842 bits per heavy atom. The number of carbonyl (C=O) groups is 3. The topological polar surface area (TPSA) is 99.1 Å². The normalized spacial score (nSPS) is 29.5. The lowest BCUT2D eigenvalue weighted by atomic mass is 9.95. The van der Waals surface area contributed by atoms with Crippen LogP contribution in [0.2, 0.25) is 0 Å². The molecular weight excluding hydrogens is 256 g/mol. The van der Waals surface area contributed by atoms with Crippen LogP contribution < -0.4 is 0 Å². The van der Waals surface area contributed by atoms with Crippen molar-refractivity contribution >= 4 is 17.9 Å². The molecule has 19 heavy (non-hydrogen) atoms. The van der Waals surface area contributed by atoms with Crippen LogP contribution in [0.5, 0.6) is 0 Å². The molecule has 106 valence electrons. The Morgan fingerprint density at radius 3 is 1.74 bits per heavy atom. The summed E-state index contributed by atoms with van der Waals surface area (Å²) >= 11 is 0. The van der Waals surface area contributed by atoms with Crippen LogP contribution in [0, 0.1) is 0 Å². The fourth-order valence-electron chi connectivity index (χ4n) is 1.75. The lowest BCUT2D eigenvalue weighted by molar-refractivity contribution is -0.182. The molecule has 1 N–H and O–H groups in total. The van der Waals surface area contributed by atoms with Gasteiger partial charge in [-0.25, -0.2) is 0 Å². The van der Waals surface area contributed by atoms with Gasteiger partial charge in [0.25, 0.3) is 0 Å². The number of carbonyl (C=O) groups excluding carboxylic acids is 3. The third-order valence-electron chi connectivity index (χ3n) is 2.39. The Labute approximate surface area is 110 Å². The summed E-state index contributed by atoms with van der Waals surface area (Å²) in [5, 5.41) is 10.0. The highest BCUT2D eigenvalue weighted by molar-refractivity contribution is 5.68. The highest BCUT2D eigenvalue weighted by atomic mass is 16.6. The van der Waals surface area contributed by atoms with Crippen molar-refractivity contribution in [2.75, 3.05) is 0 Å². The van der Waals surface area contributed by atoms with Gasteiger partial charge in [0.05, 0.1) is 0 Å². The molecule has 1 rings (SSSR count). The van der Waals surface area contributed by atoms with Gasteiger partial charge < -0.3 is 19.3 Å². The smallest absolute Gasteiger partial charge is 0.303 e. The van der Waals surface area contributed by atoms with Crippen molar-refractivity contribution in [3.63, 3.8) is 0 Å². The number of esters is 3. The summed E-state index contributed by atoms with van der Waals surface area (Å²) < 4.78 is 14.7. The molecule has 0 amide bonds. The first-order valence-corrected chi connectivity index (χ1v) is 5.69. The van der Waals surface area contributed by atoms with Crippen molar-refractivity contribution in [2.24, 2.45) is 0 Å². The van der Waals surface area contributed by atoms with E-state index in [2.05, 4.69) is 0 Å². The number of aliphatic hydroxyl groups is 1. The largest absolute Gasteiger partial charge is 0.455 e. The van der Waals surface area contributed by atoms with E-state index >= 15 is 0 Å². The summed E-state index contributed by atoms with van der Waals surface area (Å²) in [5.74, 6) is -1.80. The molecule has 4 atom stereocenters. The Bertz CT molecular complexity index is 401. The predicted octanol–water partition coefficient (Wildman–Crippen LogP) is -0.288. The zero-order valence-electron chi connectivity index (χ0n) is 10.9. The second-order valence-electron chi connectivity index (χ2n) is 4.10. The van der Waals surface area contributed by atoms with Crippen molar-refractivity contribution in [1.82, 2.24) is 0 Å². The van der Waals surface area contributed by atoms with Gasteiger partial charge in [-0.05, 0) is 12.2 Å². The summed E-state index contributed by atoms with van der Waals surface area (Å²) in [7, 11) is 0. The van der Waals surface area contributed by atoms with Crippen LogP contribution in [-0.2, 0) is 28.6 Å². The SMILES string of the molecule is CC(=O)O[C@@H]1[C@@H](O)[C@@H](OC(C)=O)C=C[C@@H]1OC(C)=O. The minimum Gasteiger partial charge on any atom is -0.455 e. The molecule has 1 aliphatic rings. The maximum absolute atomic E-state index is 11.0. The minimum absolute atomic E-state index is 0.579. The van der Waals surface area contributed by atoms with Gasteiger partial charge >= 0.3 is 17.9 Å². The molecule has 1 aliphatic carbocycles. The van der Waals surface area contributed by atoms with E-state index in [1.165, 1.54) is 26.0 Å². The van der Waals surface area contributed by atoms with Crippen LogP contribution in [0.1, 0.15) is 20.8 Å². The van der Waals surface area contributed by atoms with E-state index in [1.807, 2.05) is 0 Å². The number of hydrogen-bond donors (Lipinski definition) is 1. The highest BCUT2D eigenvalue weighted by Gasteiger charge is 2.41. The van der Waals surface area contributed by atoms with Crippen molar-refractivity contribution in [3.8, 4) is 0 Å². The molecule has 0 aromatic heterocycles. The van der Waals surface area contributed by atoms with Crippen LogP contribution in [0.15, 0.2) is 12.2 Å². The van der Waals surface area contributed by atoms with Gasteiger partial charge in [0.2, 0.25) is 0 Å². The van der Waals surface area contributed by atoms with Gasteiger partial charge in [-0.15, -0.1) is 0 Å². The van der Waals surface area contributed by atoms with Crippen LogP contribution in [0.3, 0.4) is 0 Å². The van der Waals surface area contributed by atoms with E-state index in [-0.39, 0.29) is 0 Å². The molecule has 0 spiro atoms. The second-order valence-corrected chi connectivity index (χ2v) is 4.10. The third kappa shape index (κ3) is 4.36. The first kappa shape index (κ1) is 15.2. The van der Waals surface area contributed by atoms with E-state index in [0.29, 0.717) is 0 Å². The molecule has 0 heterocycles. The van der Waals surface area contributed by atoms with Crippen LogP contribution in [0.25, 0.3) is 0 Å². The van der Waals surface area contributed by atoms with Gasteiger partial charge in [-0.3, -0.25) is 14.4 Å². The maximum Gasteiger partial charge on any atom is 0.303 e. The Morgan fingerprint density at radius 2 is 1.26 bits per heavy atom. The Balaban J connectivity index is 2.89. The molecule has 0 unspecified atom stereocenters. The van der Waals surface area contributed by atoms with E-state index in [9.17, 15) is 19.5 Å². The molecular formula is C12H16O7. The third-order valence-corrected chi connectivity index (χ3v) is 2.39. The molecule has 0 aliphatic heterocycles. The lowest BCUT2D eigenvalue weighted by Crippen LogP contribution is -2.51. The van der Waals surface area contributed by atoms with E-state index in [1.54, 1.807) is 0 Å². The molecule has 0 saturated carbocycles. The van der Waals surface area contributed by atoms with Crippen LogP contribution in [-0.4, -0.2) is 47.4 Å². The Kier molecular flexibility index (Phi) is 5.05. The highest BCUT2D eigenvalue weighted by Crippen LogP contribution is 2.22. The van der Waals surface area contributed by atoms with Crippen LogP contribution >= 0.6 is 0 Å². The maximum atomic E-state index is 11.0. The summed E-state index contributed by atoms with van der Waals surface area (Å²) in [6.07, 6.45) is -1.48. The molecule has 0 aromatic rings. The van der Waals surface area contributed by atoms with Crippen molar-refractivity contribution in [2.45, 2.75) is 45.2 Å². The second kappa shape index (κ2) is 6.33. The average Bonchev–Trinajstić information content (AvgIpc) is 2.26.